The molecule has 2 rings (SSSR count). The van der Waals surface area contributed by atoms with Crippen LogP contribution in [0.2, 0.25) is 0 Å². The molecule has 19 heavy (non-hydrogen) atoms. The third kappa shape index (κ3) is 5.61. The lowest BCUT2D eigenvalue weighted by Crippen LogP contribution is -2.26. The maximum atomic E-state index is 5.43. The van der Waals surface area contributed by atoms with E-state index in [0.29, 0.717) is 0 Å². The number of rotatable bonds is 10. The molecule has 3 nitrogen and oxygen atoms in total. The van der Waals surface area contributed by atoms with Crippen molar-refractivity contribution in [3.63, 3.8) is 0 Å². The monoisotopic (exact) mass is 282 g/mol. The Bertz CT molecular complexity index is 363. The minimum atomic E-state index is 0.795. The fraction of sp³-hybridized carbons (Fsp3) is 0.733. The molecule has 1 aliphatic rings. The molecule has 1 N–H and O–H groups in total. The van der Waals surface area contributed by atoms with Crippen LogP contribution in [-0.2, 0) is 17.8 Å². The molecule has 0 bridgehead atoms. The van der Waals surface area contributed by atoms with E-state index in [9.17, 15) is 0 Å². The molecule has 0 aromatic carbocycles. The molecule has 0 saturated heterocycles. The molecule has 0 amide bonds. The molecule has 0 unspecified atom stereocenters. The third-order valence-electron chi connectivity index (χ3n) is 3.44. The van der Waals surface area contributed by atoms with Crippen molar-refractivity contribution in [1.29, 1.82) is 0 Å². The van der Waals surface area contributed by atoms with Gasteiger partial charge in [-0.05, 0) is 38.4 Å². The molecule has 108 valence electrons. The molecule has 1 heterocycles. The molecule has 0 aliphatic heterocycles. The van der Waals surface area contributed by atoms with E-state index in [2.05, 4.69) is 36.2 Å². The Hall–Kier alpha value is -0.420. The van der Waals surface area contributed by atoms with Gasteiger partial charge >= 0.3 is 0 Å². The van der Waals surface area contributed by atoms with Crippen LogP contribution in [0.1, 0.15) is 36.4 Å². The molecule has 1 aliphatic carbocycles. The summed E-state index contributed by atoms with van der Waals surface area (Å²) in [7, 11) is 0. The summed E-state index contributed by atoms with van der Waals surface area (Å²) in [5.74, 6) is 0. The van der Waals surface area contributed by atoms with Gasteiger partial charge in [-0.2, -0.15) is 0 Å². The number of ether oxygens (including phenoxy) is 1. The van der Waals surface area contributed by atoms with Crippen molar-refractivity contribution in [3.8, 4) is 0 Å². The predicted molar refractivity (Wildman–Crippen MR) is 81.6 cm³/mol. The lowest BCUT2D eigenvalue weighted by Gasteiger charge is -2.19. The first kappa shape index (κ1) is 15.0. The van der Waals surface area contributed by atoms with Crippen LogP contribution in [0, 0.1) is 0 Å². The topological polar surface area (TPSA) is 24.5 Å². The van der Waals surface area contributed by atoms with E-state index in [1.54, 1.807) is 0 Å². The average molecular weight is 282 g/mol. The number of hydrogen-bond acceptors (Lipinski definition) is 4. The second-order valence-corrected chi connectivity index (χ2v) is 6.34. The van der Waals surface area contributed by atoms with E-state index in [4.69, 9.17) is 4.74 Å². The zero-order valence-corrected chi connectivity index (χ0v) is 13.0. The lowest BCUT2D eigenvalue weighted by molar-refractivity contribution is 0.113. The summed E-state index contributed by atoms with van der Waals surface area (Å²) in [4.78, 5) is 5.37. The van der Waals surface area contributed by atoms with Gasteiger partial charge in [0.15, 0.2) is 0 Å². The quantitative estimate of drug-likeness (QED) is 0.668. The van der Waals surface area contributed by atoms with Crippen LogP contribution in [0.25, 0.3) is 0 Å². The zero-order chi connectivity index (χ0) is 13.5. The third-order valence-corrected chi connectivity index (χ3v) is 4.51. The highest BCUT2D eigenvalue weighted by Gasteiger charge is 2.20. The molecular formula is C15H26N2OS. The maximum Gasteiger partial charge on any atom is 0.0593 e. The van der Waals surface area contributed by atoms with Crippen molar-refractivity contribution in [2.24, 2.45) is 0 Å². The van der Waals surface area contributed by atoms with Gasteiger partial charge in [0.25, 0.3) is 0 Å². The molecule has 1 aromatic heterocycles. The van der Waals surface area contributed by atoms with Crippen LogP contribution < -0.4 is 5.32 Å². The number of likely N-dealkylation sites (N-methyl/N-ethyl adjacent to an activating group) is 1. The van der Waals surface area contributed by atoms with Crippen LogP contribution in [0.4, 0.5) is 0 Å². The fourth-order valence-electron chi connectivity index (χ4n) is 2.04. The molecular weight excluding hydrogens is 256 g/mol. The van der Waals surface area contributed by atoms with Crippen molar-refractivity contribution in [1.82, 2.24) is 10.2 Å². The molecule has 0 atom stereocenters. The molecule has 1 fully saturated rings. The summed E-state index contributed by atoms with van der Waals surface area (Å²) in [6.07, 6.45) is 2.72. The van der Waals surface area contributed by atoms with Crippen molar-refractivity contribution in [3.05, 3.63) is 21.9 Å². The maximum absolute atomic E-state index is 5.43. The first-order chi connectivity index (χ1) is 9.31. The van der Waals surface area contributed by atoms with Gasteiger partial charge in [0.2, 0.25) is 0 Å². The van der Waals surface area contributed by atoms with Gasteiger partial charge in [-0.15, -0.1) is 11.3 Å². The molecule has 0 radical (unpaired) electrons. The van der Waals surface area contributed by atoms with Crippen molar-refractivity contribution in [2.75, 3.05) is 26.3 Å². The smallest absolute Gasteiger partial charge is 0.0593 e. The standard InChI is InChI=1S/C15H26N2OS/c1-3-17(9-10-18-4-2)12-15-8-7-14(19-15)11-16-13-5-6-13/h7-8,13,16H,3-6,9-12H2,1-2H3. The summed E-state index contributed by atoms with van der Waals surface area (Å²) in [5.41, 5.74) is 0. The largest absolute Gasteiger partial charge is 0.380 e. The van der Waals surface area contributed by atoms with E-state index in [1.807, 2.05) is 11.3 Å². The molecule has 1 saturated carbocycles. The fourth-order valence-corrected chi connectivity index (χ4v) is 3.05. The Labute approximate surface area is 121 Å². The van der Waals surface area contributed by atoms with Gasteiger partial charge in [-0.1, -0.05) is 6.92 Å². The number of hydrogen-bond donors (Lipinski definition) is 1. The van der Waals surface area contributed by atoms with E-state index >= 15 is 0 Å². The number of nitrogens with one attached hydrogen (secondary N) is 1. The van der Waals surface area contributed by atoms with E-state index < -0.39 is 0 Å². The second kappa shape index (κ2) is 8.00. The van der Waals surface area contributed by atoms with E-state index in [1.165, 1.54) is 22.6 Å². The van der Waals surface area contributed by atoms with Gasteiger partial charge in [0, 0.05) is 42.0 Å². The van der Waals surface area contributed by atoms with Crippen molar-refractivity contribution < 1.29 is 4.74 Å². The normalized spacial score (nSPS) is 15.3. The Morgan fingerprint density at radius 2 is 2.11 bits per heavy atom. The summed E-state index contributed by atoms with van der Waals surface area (Å²) in [5, 5.41) is 3.57. The first-order valence-corrected chi connectivity index (χ1v) is 8.24. The minimum Gasteiger partial charge on any atom is -0.380 e. The highest BCUT2D eigenvalue weighted by molar-refractivity contribution is 7.11. The number of thiophene rings is 1. The predicted octanol–water partition coefficient (Wildman–Crippen LogP) is 2.86. The van der Waals surface area contributed by atoms with Crippen molar-refractivity contribution >= 4 is 11.3 Å². The van der Waals surface area contributed by atoms with Crippen LogP contribution in [0.15, 0.2) is 12.1 Å². The van der Waals surface area contributed by atoms with E-state index in [0.717, 1.165) is 45.4 Å². The van der Waals surface area contributed by atoms with Gasteiger partial charge in [-0.25, -0.2) is 0 Å². The van der Waals surface area contributed by atoms with Gasteiger partial charge in [-0.3, -0.25) is 4.90 Å². The van der Waals surface area contributed by atoms with Crippen LogP contribution >= 0.6 is 11.3 Å². The highest BCUT2D eigenvalue weighted by atomic mass is 32.1. The van der Waals surface area contributed by atoms with Crippen LogP contribution in [0.3, 0.4) is 0 Å². The van der Waals surface area contributed by atoms with E-state index in [-0.39, 0.29) is 0 Å². The zero-order valence-electron chi connectivity index (χ0n) is 12.2. The Kier molecular flexibility index (Phi) is 6.31. The van der Waals surface area contributed by atoms with Crippen molar-refractivity contribution in [2.45, 2.75) is 45.8 Å². The Balaban J connectivity index is 1.72. The lowest BCUT2D eigenvalue weighted by atomic mass is 10.4. The van der Waals surface area contributed by atoms with Gasteiger partial charge in [0.1, 0.15) is 0 Å². The van der Waals surface area contributed by atoms with Gasteiger partial charge in [0.05, 0.1) is 6.61 Å². The molecule has 1 aromatic rings. The first-order valence-electron chi connectivity index (χ1n) is 7.43. The average Bonchev–Trinajstić information content (AvgIpc) is 3.15. The Morgan fingerprint density at radius 1 is 1.32 bits per heavy atom. The summed E-state index contributed by atoms with van der Waals surface area (Å²) in [6, 6.07) is 5.34. The van der Waals surface area contributed by atoms with Crippen LogP contribution in [0.5, 0.6) is 0 Å². The minimum absolute atomic E-state index is 0.795. The summed E-state index contributed by atoms with van der Waals surface area (Å²) < 4.78 is 5.43. The molecule has 4 heteroatoms. The number of nitrogens with zero attached hydrogens (tertiary/aromatic N) is 1. The summed E-state index contributed by atoms with van der Waals surface area (Å²) in [6.45, 7) is 10.1. The Morgan fingerprint density at radius 3 is 2.79 bits per heavy atom. The highest BCUT2D eigenvalue weighted by Crippen LogP contribution is 2.22. The van der Waals surface area contributed by atoms with Gasteiger partial charge < -0.3 is 10.1 Å². The second-order valence-electron chi connectivity index (χ2n) is 5.09. The SMILES string of the molecule is CCOCCN(CC)Cc1ccc(CNC2CC2)s1. The summed E-state index contributed by atoms with van der Waals surface area (Å²) >= 11 is 1.94. The van der Waals surface area contributed by atoms with Crippen LogP contribution in [-0.4, -0.2) is 37.2 Å². The molecule has 0 spiro atoms.